The Morgan fingerprint density at radius 3 is 2.60 bits per heavy atom. The molecule has 0 aromatic rings. The van der Waals surface area contributed by atoms with Gasteiger partial charge in [-0.05, 0) is 13.0 Å². The second kappa shape index (κ2) is 3.35. The summed E-state index contributed by atoms with van der Waals surface area (Å²) in [6.45, 7) is 7.75. The van der Waals surface area contributed by atoms with E-state index in [0.29, 0.717) is 6.10 Å². The molecule has 0 saturated carbocycles. The summed E-state index contributed by atoms with van der Waals surface area (Å²) in [5.41, 5.74) is 0. The first kappa shape index (κ1) is 8.02. The highest BCUT2D eigenvalue weighted by atomic mass is 16.6. The zero-order chi connectivity index (χ0) is 7.56. The maximum Gasteiger partial charge on any atom is 0.0936 e. The largest absolute Gasteiger partial charge is 0.372 e. The molecule has 60 valence electrons. The lowest BCUT2D eigenvalue weighted by molar-refractivity contribution is 0.260. The fourth-order valence-corrected chi connectivity index (χ4v) is 1.22. The van der Waals surface area contributed by atoms with E-state index in [1.54, 1.807) is 0 Å². The summed E-state index contributed by atoms with van der Waals surface area (Å²) in [6, 6.07) is 0. The first-order chi connectivity index (χ1) is 4.68. The van der Waals surface area contributed by atoms with Gasteiger partial charge in [-0.1, -0.05) is 13.8 Å². The van der Waals surface area contributed by atoms with Gasteiger partial charge in [0.1, 0.15) is 0 Å². The molecule has 1 aliphatic heterocycles. The number of hydrogen-bond donors (Lipinski definition) is 0. The van der Waals surface area contributed by atoms with Crippen LogP contribution in [-0.2, 0) is 4.74 Å². The number of epoxide rings is 1. The Balaban J connectivity index is 2.02. The van der Waals surface area contributed by atoms with Crippen molar-refractivity contribution in [3.63, 3.8) is 0 Å². The summed E-state index contributed by atoms with van der Waals surface area (Å²) in [5, 5.41) is 0. The molecule has 0 aromatic carbocycles. The van der Waals surface area contributed by atoms with Gasteiger partial charge < -0.3 is 9.64 Å². The molecule has 0 spiro atoms. The molecular formula is C8H17NO. The van der Waals surface area contributed by atoms with Crippen LogP contribution in [0.1, 0.15) is 13.8 Å². The van der Waals surface area contributed by atoms with Crippen LogP contribution in [0.4, 0.5) is 0 Å². The van der Waals surface area contributed by atoms with Crippen LogP contribution in [-0.4, -0.2) is 37.7 Å². The molecule has 0 aromatic heterocycles. The fourth-order valence-electron chi connectivity index (χ4n) is 1.22. The van der Waals surface area contributed by atoms with Crippen molar-refractivity contribution in [2.75, 3.05) is 26.7 Å². The predicted molar refractivity (Wildman–Crippen MR) is 42.1 cm³/mol. The van der Waals surface area contributed by atoms with E-state index < -0.39 is 0 Å². The van der Waals surface area contributed by atoms with E-state index >= 15 is 0 Å². The van der Waals surface area contributed by atoms with Gasteiger partial charge in [-0.3, -0.25) is 0 Å². The normalized spacial score (nSPS) is 24.3. The van der Waals surface area contributed by atoms with Gasteiger partial charge in [0.15, 0.2) is 0 Å². The minimum Gasteiger partial charge on any atom is -0.372 e. The van der Waals surface area contributed by atoms with Crippen molar-refractivity contribution in [2.45, 2.75) is 20.0 Å². The van der Waals surface area contributed by atoms with Gasteiger partial charge in [0.2, 0.25) is 0 Å². The van der Waals surface area contributed by atoms with Crippen molar-refractivity contribution >= 4 is 0 Å². The van der Waals surface area contributed by atoms with Crippen LogP contribution in [0, 0.1) is 5.92 Å². The maximum absolute atomic E-state index is 5.12. The highest BCUT2D eigenvalue weighted by molar-refractivity contribution is 4.72. The van der Waals surface area contributed by atoms with E-state index in [1.165, 1.54) is 6.54 Å². The summed E-state index contributed by atoms with van der Waals surface area (Å²) >= 11 is 0. The first-order valence-electron chi connectivity index (χ1n) is 3.98. The number of nitrogens with zero attached hydrogens (tertiary/aromatic N) is 1. The summed E-state index contributed by atoms with van der Waals surface area (Å²) in [5.74, 6) is 0.767. The summed E-state index contributed by atoms with van der Waals surface area (Å²) in [7, 11) is 2.15. The average molecular weight is 143 g/mol. The van der Waals surface area contributed by atoms with Crippen LogP contribution in [0.3, 0.4) is 0 Å². The Bertz CT molecular complexity index is 95.4. The smallest absolute Gasteiger partial charge is 0.0936 e. The van der Waals surface area contributed by atoms with Crippen LogP contribution < -0.4 is 0 Å². The van der Waals surface area contributed by atoms with Crippen LogP contribution in [0.2, 0.25) is 0 Å². The van der Waals surface area contributed by atoms with Gasteiger partial charge >= 0.3 is 0 Å². The predicted octanol–water partition coefficient (Wildman–Crippen LogP) is 0.973. The van der Waals surface area contributed by atoms with Crippen molar-refractivity contribution < 1.29 is 4.74 Å². The van der Waals surface area contributed by atoms with E-state index in [1.807, 2.05) is 0 Å². The number of ether oxygens (including phenoxy) is 1. The molecule has 1 fully saturated rings. The second-order valence-corrected chi connectivity index (χ2v) is 3.57. The zero-order valence-corrected chi connectivity index (χ0v) is 7.13. The fraction of sp³-hybridized carbons (Fsp3) is 1.00. The summed E-state index contributed by atoms with van der Waals surface area (Å²) in [4.78, 5) is 2.34. The molecule has 2 nitrogen and oxygen atoms in total. The summed E-state index contributed by atoms with van der Waals surface area (Å²) < 4.78 is 5.12. The van der Waals surface area contributed by atoms with Crippen molar-refractivity contribution in [2.24, 2.45) is 5.92 Å². The van der Waals surface area contributed by atoms with Crippen molar-refractivity contribution in [3.8, 4) is 0 Å². The van der Waals surface area contributed by atoms with Gasteiger partial charge in [-0.2, -0.15) is 0 Å². The Labute approximate surface area is 63.2 Å². The van der Waals surface area contributed by atoms with Crippen LogP contribution in [0.5, 0.6) is 0 Å². The third-order valence-electron chi connectivity index (χ3n) is 1.59. The van der Waals surface area contributed by atoms with Crippen molar-refractivity contribution in [3.05, 3.63) is 0 Å². The van der Waals surface area contributed by atoms with Gasteiger partial charge in [0.05, 0.1) is 12.7 Å². The summed E-state index contributed by atoms with van der Waals surface area (Å²) in [6.07, 6.45) is 0.545. The van der Waals surface area contributed by atoms with Crippen molar-refractivity contribution in [1.29, 1.82) is 0 Å². The zero-order valence-electron chi connectivity index (χ0n) is 7.13. The van der Waals surface area contributed by atoms with E-state index in [9.17, 15) is 0 Å². The highest BCUT2D eigenvalue weighted by Gasteiger charge is 2.23. The third-order valence-corrected chi connectivity index (χ3v) is 1.59. The second-order valence-electron chi connectivity index (χ2n) is 3.57. The molecule has 0 N–H and O–H groups in total. The Kier molecular flexibility index (Phi) is 2.69. The van der Waals surface area contributed by atoms with E-state index in [0.717, 1.165) is 19.1 Å². The maximum atomic E-state index is 5.12. The molecule has 0 amide bonds. The lowest BCUT2D eigenvalue weighted by Gasteiger charge is -2.16. The number of rotatable bonds is 4. The first-order valence-corrected chi connectivity index (χ1v) is 3.98. The molecule has 1 atom stereocenters. The van der Waals surface area contributed by atoms with Gasteiger partial charge in [0, 0.05) is 13.1 Å². The third kappa shape index (κ3) is 3.18. The lowest BCUT2D eigenvalue weighted by Crippen LogP contribution is -2.27. The standard InChI is InChI=1S/C8H17NO/c1-7(2)4-9(3)5-8-6-10-8/h7-8H,4-6H2,1-3H3. The SMILES string of the molecule is CC(C)CN(C)CC1CO1. The van der Waals surface area contributed by atoms with Crippen molar-refractivity contribution in [1.82, 2.24) is 4.90 Å². The molecule has 1 aliphatic rings. The Hall–Kier alpha value is -0.0800. The van der Waals surface area contributed by atoms with Gasteiger partial charge in [0.25, 0.3) is 0 Å². The van der Waals surface area contributed by atoms with Crippen LogP contribution in [0.15, 0.2) is 0 Å². The molecular weight excluding hydrogens is 126 g/mol. The highest BCUT2D eigenvalue weighted by Crippen LogP contribution is 2.10. The topological polar surface area (TPSA) is 15.8 Å². The minimum absolute atomic E-state index is 0.545. The monoisotopic (exact) mass is 143 g/mol. The van der Waals surface area contributed by atoms with Crippen LogP contribution in [0.25, 0.3) is 0 Å². The Morgan fingerprint density at radius 2 is 2.20 bits per heavy atom. The number of hydrogen-bond acceptors (Lipinski definition) is 2. The van der Waals surface area contributed by atoms with E-state index in [-0.39, 0.29) is 0 Å². The molecule has 1 unspecified atom stereocenters. The van der Waals surface area contributed by atoms with E-state index in [2.05, 4.69) is 25.8 Å². The molecule has 1 rings (SSSR count). The Morgan fingerprint density at radius 1 is 1.60 bits per heavy atom. The molecule has 1 heterocycles. The average Bonchev–Trinajstić information content (AvgIpc) is 2.46. The quantitative estimate of drug-likeness (QED) is 0.545. The van der Waals surface area contributed by atoms with Gasteiger partial charge in [-0.15, -0.1) is 0 Å². The molecule has 10 heavy (non-hydrogen) atoms. The molecule has 0 radical (unpaired) electrons. The lowest BCUT2D eigenvalue weighted by atomic mass is 10.2. The molecule has 2 heteroatoms. The van der Waals surface area contributed by atoms with E-state index in [4.69, 9.17) is 4.74 Å². The number of likely N-dealkylation sites (N-methyl/N-ethyl adjacent to an activating group) is 1. The van der Waals surface area contributed by atoms with Gasteiger partial charge in [-0.25, -0.2) is 0 Å². The molecule has 1 saturated heterocycles. The minimum atomic E-state index is 0.545. The van der Waals surface area contributed by atoms with Crippen LogP contribution >= 0.6 is 0 Å². The molecule has 0 bridgehead atoms. The molecule has 0 aliphatic carbocycles.